The minimum Gasteiger partial charge on any atom is -0.372 e. The molecule has 1 fully saturated rings. The normalized spacial score (nSPS) is 15.8. The van der Waals surface area contributed by atoms with Crippen molar-refractivity contribution >= 4 is 30.6 Å². The molecule has 1 aliphatic heterocycles. The lowest BCUT2D eigenvalue weighted by Crippen LogP contribution is -2.27. The number of rotatable bonds is 2. The second kappa shape index (κ2) is 7.65. The van der Waals surface area contributed by atoms with Crippen molar-refractivity contribution in [2.75, 3.05) is 25.5 Å². The first-order valence-corrected chi connectivity index (χ1v) is 5.10. The highest BCUT2D eigenvalue weighted by molar-refractivity contribution is 5.85. The average molecular weight is 265 g/mol. The number of piperidine rings is 1. The Morgan fingerprint density at radius 1 is 1.25 bits per heavy atom. The molecule has 0 bridgehead atoms. The minimum atomic E-state index is 0. The smallest absolute Gasteiger partial charge is 0.144 e. The molecule has 0 saturated carbocycles. The quantitative estimate of drug-likeness (QED) is 0.856. The van der Waals surface area contributed by atoms with Crippen LogP contribution in [0.2, 0.25) is 0 Å². The maximum Gasteiger partial charge on any atom is 0.144 e. The van der Waals surface area contributed by atoms with Crippen LogP contribution in [0.5, 0.6) is 0 Å². The van der Waals surface area contributed by atoms with Crippen LogP contribution in [0.3, 0.4) is 0 Å². The van der Waals surface area contributed by atoms with Crippen LogP contribution in [-0.2, 0) is 0 Å². The Labute approximate surface area is 108 Å². The molecule has 0 amide bonds. The van der Waals surface area contributed by atoms with Gasteiger partial charge in [-0.1, -0.05) is 0 Å². The first kappa shape index (κ1) is 15.4. The summed E-state index contributed by atoms with van der Waals surface area (Å²) in [6, 6.07) is 0. The molecule has 1 saturated heterocycles. The van der Waals surface area contributed by atoms with Crippen LogP contribution in [0, 0.1) is 0 Å². The molecule has 1 aliphatic rings. The van der Waals surface area contributed by atoms with Gasteiger partial charge in [0.05, 0.1) is 11.9 Å². The fraction of sp³-hybridized carbons (Fsp3) is 0.600. The van der Waals surface area contributed by atoms with E-state index < -0.39 is 0 Å². The summed E-state index contributed by atoms with van der Waals surface area (Å²) in [6.45, 7) is 2.19. The van der Waals surface area contributed by atoms with Crippen molar-refractivity contribution in [3.05, 3.63) is 18.1 Å². The third-order valence-electron chi connectivity index (χ3n) is 2.67. The molecule has 16 heavy (non-hydrogen) atoms. The zero-order chi connectivity index (χ0) is 9.80. The van der Waals surface area contributed by atoms with E-state index in [1.54, 1.807) is 6.20 Å². The van der Waals surface area contributed by atoms with Gasteiger partial charge in [-0.05, 0) is 25.9 Å². The van der Waals surface area contributed by atoms with Crippen LogP contribution in [0.15, 0.2) is 12.4 Å². The zero-order valence-corrected chi connectivity index (χ0v) is 10.9. The summed E-state index contributed by atoms with van der Waals surface area (Å²) in [6.07, 6.45) is 5.98. The van der Waals surface area contributed by atoms with Gasteiger partial charge in [-0.3, -0.25) is 4.98 Å². The lowest BCUT2D eigenvalue weighted by atomic mass is 9.95. The van der Waals surface area contributed by atoms with Crippen molar-refractivity contribution in [1.29, 1.82) is 0 Å². The number of nitrogens with zero attached hydrogens (tertiary/aromatic N) is 2. The number of hydrogen-bond acceptors (Lipinski definition) is 4. The number of aromatic nitrogens is 2. The summed E-state index contributed by atoms with van der Waals surface area (Å²) in [4.78, 5) is 8.70. The first-order chi connectivity index (χ1) is 6.90. The molecule has 2 heterocycles. The summed E-state index contributed by atoms with van der Waals surface area (Å²) < 4.78 is 0. The number of hydrogen-bond donors (Lipinski definition) is 2. The van der Waals surface area contributed by atoms with E-state index in [0.29, 0.717) is 5.92 Å². The Hall–Kier alpha value is -0.580. The number of anilines is 1. The Morgan fingerprint density at radius 3 is 2.56 bits per heavy atom. The van der Waals surface area contributed by atoms with E-state index in [1.807, 2.05) is 13.2 Å². The van der Waals surface area contributed by atoms with Gasteiger partial charge in [0, 0.05) is 19.2 Å². The molecule has 4 nitrogen and oxygen atoms in total. The third-order valence-corrected chi connectivity index (χ3v) is 2.67. The molecular formula is C10H18Cl2N4. The zero-order valence-electron chi connectivity index (χ0n) is 9.27. The van der Waals surface area contributed by atoms with Gasteiger partial charge in [-0.15, -0.1) is 24.8 Å². The highest BCUT2D eigenvalue weighted by atomic mass is 35.5. The molecule has 0 aromatic carbocycles. The van der Waals surface area contributed by atoms with Gasteiger partial charge < -0.3 is 10.6 Å². The molecule has 1 aromatic heterocycles. The van der Waals surface area contributed by atoms with Crippen LogP contribution in [0.4, 0.5) is 5.82 Å². The van der Waals surface area contributed by atoms with E-state index in [1.165, 1.54) is 12.8 Å². The van der Waals surface area contributed by atoms with Crippen molar-refractivity contribution in [2.45, 2.75) is 18.8 Å². The minimum absolute atomic E-state index is 0. The van der Waals surface area contributed by atoms with Crippen molar-refractivity contribution < 1.29 is 0 Å². The monoisotopic (exact) mass is 264 g/mol. The van der Waals surface area contributed by atoms with Gasteiger partial charge in [0.1, 0.15) is 5.82 Å². The molecule has 0 aliphatic carbocycles. The van der Waals surface area contributed by atoms with E-state index in [4.69, 9.17) is 0 Å². The maximum atomic E-state index is 4.51. The number of nitrogens with one attached hydrogen (secondary N) is 2. The summed E-state index contributed by atoms with van der Waals surface area (Å²) in [7, 11) is 1.87. The SMILES string of the molecule is CNc1cncc(C2CCNCC2)n1.Cl.Cl. The molecular weight excluding hydrogens is 247 g/mol. The highest BCUT2D eigenvalue weighted by Crippen LogP contribution is 2.23. The molecule has 92 valence electrons. The van der Waals surface area contributed by atoms with E-state index in [0.717, 1.165) is 24.6 Å². The summed E-state index contributed by atoms with van der Waals surface area (Å²) in [5, 5.41) is 6.37. The van der Waals surface area contributed by atoms with Crippen LogP contribution in [0.25, 0.3) is 0 Å². The third kappa shape index (κ3) is 3.77. The Morgan fingerprint density at radius 2 is 1.94 bits per heavy atom. The molecule has 2 rings (SSSR count). The fourth-order valence-corrected chi connectivity index (χ4v) is 1.82. The van der Waals surface area contributed by atoms with E-state index in [2.05, 4.69) is 20.6 Å². The summed E-state index contributed by atoms with van der Waals surface area (Å²) in [5.74, 6) is 1.44. The van der Waals surface area contributed by atoms with Gasteiger partial charge in [-0.2, -0.15) is 0 Å². The van der Waals surface area contributed by atoms with Gasteiger partial charge in [0.25, 0.3) is 0 Å². The van der Waals surface area contributed by atoms with Crippen LogP contribution >= 0.6 is 24.8 Å². The van der Waals surface area contributed by atoms with Crippen molar-refractivity contribution in [2.24, 2.45) is 0 Å². The topological polar surface area (TPSA) is 49.8 Å². The maximum absolute atomic E-state index is 4.51. The fourth-order valence-electron chi connectivity index (χ4n) is 1.82. The molecule has 2 N–H and O–H groups in total. The van der Waals surface area contributed by atoms with Gasteiger partial charge in [-0.25, -0.2) is 4.98 Å². The largest absolute Gasteiger partial charge is 0.372 e. The van der Waals surface area contributed by atoms with E-state index in [-0.39, 0.29) is 24.8 Å². The molecule has 0 radical (unpaired) electrons. The molecule has 0 unspecified atom stereocenters. The second-order valence-electron chi connectivity index (χ2n) is 3.60. The van der Waals surface area contributed by atoms with Crippen molar-refractivity contribution in [3.8, 4) is 0 Å². The Balaban J connectivity index is 0.00000112. The lowest BCUT2D eigenvalue weighted by Gasteiger charge is -2.21. The van der Waals surface area contributed by atoms with Gasteiger partial charge in [0.15, 0.2) is 0 Å². The van der Waals surface area contributed by atoms with Crippen molar-refractivity contribution in [1.82, 2.24) is 15.3 Å². The molecule has 0 atom stereocenters. The first-order valence-electron chi connectivity index (χ1n) is 5.10. The highest BCUT2D eigenvalue weighted by Gasteiger charge is 2.16. The average Bonchev–Trinajstić information content (AvgIpc) is 2.30. The predicted molar refractivity (Wildman–Crippen MR) is 70.9 cm³/mol. The van der Waals surface area contributed by atoms with Crippen molar-refractivity contribution in [3.63, 3.8) is 0 Å². The summed E-state index contributed by atoms with van der Waals surface area (Å²) in [5.41, 5.74) is 1.12. The Kier molecular flexibility index (Phi) is 7.38. The summed E-state index contributed by atoms with van der Waals surface area (Å²) >= 11 is 0. The number of halogens is 2. The van der Waals surface area contributed by atoms with Crippen LogP contribution in [0.1, 0.15) is 24.5 Å². The van der Waals surface area contributed by atoms with E-state index >= 15 is 0 Å². The van der Waals surface area contributed by atoms with E-state index in [9.17, 15) is 0 Å². The molecule has 0 spiro atoms. The van der Waals surface area contributed by atoms with Crippen LogP contribution < -0.4 is 10.6 Å². The molecule has 1 aromatic rings. The van der Waals surface area contributed by atoms with Gasteiger partial charge >= 0.3 is 0 Å². The van der Waals surface area contributed by atoms with Gasteiger partial charge in [0.2, 0.25) is 0 Å². The Bertz CT molecular complexity index is 303. The van der Waals surface area contributed by atoms with Crippen LogP contribution in [-0.4, -0.2) is 30.1 Å². The standard InChI is InChI=1S/C10H16N4.2ClH/c1-11-10-7-13-6-9(14-10)8-2-4-12-5-3-8;;/h6-8,12H,2-5H2,1H3,(H,11,14);2*1H. The molecule has 6 heteroatoms. The predicted octanol–water partition coefficient (Wildman–Crippen LogP) is 1.83. The lowest BCUT2D eigenvalue weighted by molar-refractivity contribution is 0.452. The second-order valence-corrected chi connectivity index (χ2v) is 3.60.